The second-order valence-corrected chi connectivity index (χ2v) is 6.72. The molecule has 22 heavy (non-hydrogen) atoms. The highest BCUT2D eigenvalue weighted by Crippen LogP contribution is 2.37. The minimum absolute atomic E-state index is 0.176. The fourth-order valence-corrected chi connectivity index (χ4v) is 2.69. The maximum absolute atomic E-state index is 13.6. The molecule has 2 rings (SSSR count). The van der Waals surface area contributed by atoms with Crippen LogP contribution >= 0.6 is 11.6 Å². The van der Waals surface area contributed by atoms with Crippen LogP contribution in [-0.4, -0.2) is 16.2 Å². The summed E-state index contributed by atoms with van der Waals surface area (Å²) in [6.45, 7) is 7.36. The number of amides is 1. The minimum atomic E-state index is -1.13. The molecule has 0 aliphatic carbocycles. The molecule has 2 aromatic rings. The number of aromatic nitrogens is 1. The SMILES string of the molecule is Cc1c(F)ccc2cc(C(NC(=O)O)C(C)(C)C)c(Cl)nc12. The molecule has 4 nitrogen and oxygen atoms in total. The van der Waals surface area contributed by atoms with E-state index in [4.69, 9.17) is 16.7 Å². The van der Waals surface area contributed by atoms with Crippen molar-refractivity contribution in [2.75, 3.05) is 0 Å². The number of benzene rings is 1. The Morgan fingerprint density at radius 3 is 2.59 bits per heavy atom. The van der Waals surface area contributed by atoms with Crippen molar-refractivity contribution >= 4 is 28.6 Å². The molecule has 1 aromatic heterocycles. The van der Waals surface area contributed by atoms with Crippen LogP contribution in [0, 0.1) is 18.2 Å². The topological polar surface area (TPSA) is 62.2 Å². The van der Waals surface area contributed by atoms with Gasteiger partial charge in [0.15, 0.2) is 0 Å². The van der Waals surface area contributed by atoms with Crippen molar-refractivity contribution in [3.63, 3.8) is 0 Å². The summed E-state index contributed by atoms with van der Waals surface area (Å²) >= 11 is 6.25. The number of pyridine rings is 1. The summed E-state index contributed by atoms with van der Waals surface area (Å²) in [6.07, 6.45) is -1.13. The molecular weight excluding hydrogens is 307 g/mol. The van der Waals surface area contributed by atoms with E-state index in [0.717, 1.165) is 5.39 Å². The van der Waals surface area contributed by atoms with Crippen LogP contribution in [0.5, 0.6) is 0 Å². The van der Waals surface area contributed by atoms with Crippen LogP contribution < -0.4 is 5.32 Å². The van der Waals surface area contributed by atoms with Crippen LogP contribution in [0.3, 0.4) is 0 Å². The van der Waals surface area contributed by atoms with E-state index in [1.165, 1.54) is 6.07 Å². The molecule has 1 aromatic carbocycles. The number of nitrogens with one attached hydrogen (secondary N) is 1. The largest absolute Gasteiger partial charge is 0.465 e. The number of halogens is 2. The molecule has 0 fully saturated rings. The molecule has 1 amide bonds. The first-order valence-electron chi connectivity index (χ1n) is 6.86. The van der Waals surface area contributed by atoms with Gasteiger partial charge in [0.05, 0.1) is 11.6 Å². The predicted molar refractivity (Wildman–Crippen MR) is 84.8 cm³/mol. The van der Waals surface area contributed by atoms with Crippen LogP contribution in [0.15, 0.2) is 18.2 Å². The van der Waals surface area contributed by atoms with E-state index in [1.54, 1.807) is 19.1 Å². The van der Waals surface area contributed by atoms with Gasteiger partial charge in [-0.1, -0.05) is 32.4 Å². The van der Waals surface area contributed by atoms with Gasteiger partial charge >= 0.3 is 6.09 Å². The molecule has 0 spiro atoms. The summed E-state index contributed by atoms with van der Waals surface area (Å²) in [4.78, 5) is 15.3. The second-order valence-electron chi connectivity index (χ2n) is 6.36. The lowest BCUT2D eigenvalue weighted by Gasteiger charge is -2.31. The Hall–Kier alpha value is -1.88. The van der Waals surface area contributed by atoms with Crippen molar-refractivity contribution in [2.45, 2.75) is 33.7 Å². The van der Waals surface area contributed by atoms with E-state index < -0.39 is 17.6 Å². The molecule has 0 saturated carbocycles. The second kappa shape index (κ2) is 5.72. The number of hydrogen-bond acceptors (Lipinski definition) is 2. The Kier molecular flexibility index (Phi) is 4.29. The van der Waals surface area contributed by atoms with Gasteiger partial charge in [0.25, 0.3) is 0 Å². The van der Waals surface area contributed by atoms with Gasteiger partial charge in [0.2, 0.25) is 0 Å². The summed E-state index contributed by atoms with van der Waals surface area (Å²) < 4.78 is 13.6. The Morgan fingerprint density at radius 2 is 2.05 bits per heavy atom. The van der Waals surface area contributed by atoms with E-state index in [2.05, 4.69) is 10.3 Å². The maximum atomic E-state index is 13.6. The van der Waals surface area contributed by atoms with Crippen LogP contribution in [0.4, 0.5) is 9.18 Å². The van der Waals surface area contributed by atoms with Crippen molar-refractivity contribution in [3.05, 3.63) is 40.3 Å². The molecular formula is C16H18ClFN2O2. The lowest BCUT2D eigenvalue weighted by atomic mass is 9.82. The third-order valence-electron chi connectivity index (χ3n) is 3.60. The first-order chi connectivity index (χ1) is 10.1. The normalized spacial score (nSPS) is 13.2. The number of rotatable bonds is 2. The summed E-state index contributed by atoms with van der Waals surface area (Å²) in [6, 6.07) is 4.22. The van der Waals surface area contributed by atoms with Gasteiger partial charge in [0.1, 0.15) is 11.0 Å². The zero-order valence-electron chi connectivity index (χ0n) is 12.9. The van der Waals surface area contributed by atoms with Crippen LogP contribution in [0.1, 0.15) is 37.9 Å². The first-order valence-corrected chi connectivity index (χ1v) is 7.23. The van der Waals surface area contributed by atoms with Crippen molar-refractivity contribution < 1.29 is 14.3 Å². The zero-order valence-corrected chi connectivity index (χ0v) is 13.6. The lowest BCUT2D eigenvalue weighted by molar-refractivity contribution is 0.175. The Bertz CT molecular complexity index is 741. The highest BCUT2D eigenvalue weighted by Gasteiger charge is 2.30. The van der Waals surface area contributed by atoms with E-state index >= 15 is 0 Å². The quantitative estimate of drug-likeness (QED) is 0.788. The zero-order chi connectivity index (χ0) is 16.7. The third-order valence-corrected chi connectivity index (χ3v) is 3.90. The van der Waals surface area contributed by atoms with E-state index in [9.17, 15) is 9.18 Å². The van der Waals surface area contributed by atoms with Gasteiger partial charge in [-0.3, -0.25) is 0 Å². The number of hydrogen-bond donors (Lipinski definition) is 2. The number of nitrogens with zero attached hydrogens (tertiary/aromatic N) is 1. The summed E-state index contributed by atoms with van der Waals surface area (Å²) in [7, 11) is 0. The van der Waals surface area contributed by atoms with Crippen molar-refractivity contribution in [1.29, 1.82) is 0 Å². The molecule has 0 aliphatic heterocycles. The Balaban J connectivity index is 2.66. The maximum Gasteiger partial charge on any atom is 0.405 e. The van der Waals surface area contributed by atoms with E-state index in [1.807, 2.05) is 20.8 Å². The molecule has 1 heterocycles. The van der Waals surface area contributed by atoms with Gasteiger partial charge in [-0.05, 0) is 30.5 Å². The molecule has 1 atom stereocenters. The van der Waals surface area contributed by atoms with Crippen LogP contribution in [0.25, 0.3) is 10.9 Å². The third kappa shape index (κ3) is 3.14. The number of fused-ring (bicyclic) bond motifs is 1. The molecule has 0 aliphatic rings. The highest BCUT2D eigenvalue weighted by atomic mass is 35.5. The average Bonchev–Trinajstić information content (AvgIpc) is 2.39. The summed E-state index contributed by atoms with van der Waals surface area (Å²) in [5, 5.41) is 12.5. The predicted octanol–water partition coefficient (Wildman–Crippen LogP) is 4.69. The van der Waals surface area contributed by atoms with Gasteiger partial charge in [0, 0.05) is 16.5 Å². The molecule has 118 valence electrons. The van der Waals surface area contributed by atoms with Crippen molar-refractivity contribution in [1.82, 2.24) is 10.3 Å². The summed E-state index contributed by atoms with van der Waals surface area (Å²) in [5.74, 6) is -0.347. The lowest BCUT2D eigenvalue weighted by Crippen LogP contribution is -2.36. The van der Waals surface area contributed by atoms with E-state index in [-0.39, 0.29) is 11.0 Å². The summed E-state index contributed by atoms with van der Waals surface area (Å²) in [5.41, 5.74) is 1.09. The number of aryl methyl sites for hydroxylation is 1. The van der Waals surface area contributed by atoms with Crippen molar-refractivity contribution in [2.24, 2.45) is 5.41 Å². The van der Waals surface area contributed by atoms with Gasteiger partial charge in [-0.15, -0.1) is 0 Å². The standard InChI is InChI=1S/C16H18ClFN2O2/c1-8-11(18)6-5-9-7-10(14(17)19-12(8)9)13(16(2,3)4)20-15(21)22/h5-7,13,20H,1-4H3,(H,21,22). The monoisotopic (exact) mass is 324 g/mol. The number of carbonyl (C=O) groups is 1. The molecule has 0 radical (unpaired) electrons. The van der Waals surface area contributed by atoms with Crippen LogP contribution in [0.2, 0.25) is 5.15 Å². The molecule has 6 heteroatoms. The van der Waals surface area contributed by atoms with Gasteiger partial charge in [-0.25, -0.2) is 14.2 Å². The fraction of sp³-hybridized carbons (Fsp3) is 0.375. The number of carboxylic acid groups (broad SMARTS) is 1. The van der Waals surface area contributed by atoms with Crippen molar-refractivity contribution in [3.8, 4) is 0 Å². The molecule has 1 unspecified atom stereocenters. The molecule has 0 saturated heterocycles. The van der Waals surface area contributed by atoms with E-state index in [0.29, 0.717) is 16.6 Å². The fourth-order valence-electron chi connectivity index (χ4n) is 2.44. The first kappa shape index (κ1) is 16.5. The highest BCUT2D eigenvalue weighted by molar-refractivity contribution is 6.30. The van der Waals surface area contributed by atoms with Gasteiger partial charge < -0.3 is 10.4 Å². The Labute approximate surface area is 133 Å². The minimum Gasteiger partial charge on any atom is -0.465 e. The Morgan fingerprint density at radius 1 is 1.41 bits per heavy atom. The van der Waals surface area contributed by atoms with Crippen LogP contribution in [-0.2, 0) is 0 Å². The molecule has 2 N–H and O–H groups in total. The molecule has 0 bridgehead atoms. The average molecular weight is 325 g/mol. The smallest absolute Gasteiger partial charge is 0.405 e. The van der Waals surface area contributed by atoms with Gasteiger partial charge in [-0.2, -0.15) is 0 Å².